The number of carbonyl (C=O) groups is 1. The summed E-state index contributed by atoms with van der Waals surface area (Å²) in [6.07, 6.45) is 4.68. The lowest BCUT2D eigenvalue weighted by molar-refractivity contribution is 0.1000. The molecule has 3 aromatic heterocycles. The maximum atomic E-state index is 13.3. The van der Waals surface area contributed by atoms with Crippen LogP contribution in [0.4, 0.5) is 0 Å². The van der Waals surface area contributed by atoms with Gasteiger partial charge < -0.3 is 0 Å². The summed E-state index contributed by atoms with van der Waals surface area (Å²) in [5.74, 6) is 0.642. The van der Waals surface area contributed by atoms with Crippen molar-refractivity contribution >= 4 is 50.1 Å². The molecule has 1 amide bonds. The Morgan fingerprint density at radius 2 is 2.10 bits per heavy atom. The van der Waals surface area contributed by atoms with Gasteiger partial charge in [-0.15, -0.1) is 11.3 Å². The highest BCUT2D eigenvalue weighted by Gasteiger charge is 2.32. The summed E-state index contributed by atoms with van der Waals surface area (Å²) in [5.41, 5.74) is 4.13. The molecule has 7 nitrogen and oxygen atoms in total. The molecule has 0 fully saturated rings. The van der Waals surface area contributed by atoms with Gasteiger partial charge in [-0.25, -0.2) is 9.66 Å². The number of amides is 1. The van der Waals surface area contributed by atoms with Crippen LogP contribution in [-0.2, 0) is 19.9 Å². The van der Waals surface area contributed by atoms with Gasteiger partial charge in [0.1, 0.15) is 10.7 Å². The molecule has 3 heterocycles. The lowest BCUT2D eigenvalue weighted by Crippen LogP contribution is -2.36. The summed E-state index contributed by atoms with van der Waals surface area (Å²) in [5, 5.41) is 4.83. The van der Waals surface area contributed by atoms with Gasteiger partial charge in [0.2, 0.25) is 0 Å². The maximum Gasteiger partial charge on any atom is 0.291 e. The van der Waals surface area contributed by atoms with Gasteiger partial charge in [-0.1, -0.05) is 20.8 Å². The smallest absolute Gasteiger partial charge is 0.274 e. The molecule has 29 heavy (non-hydrogen) atoms. The topological polar surface area (TPSA) is 81.8 Å². The van der Waals surface area contributed by atoms with E-state index >= 15 is 0 Å². The van der Waals surface area contributed by atoms with Gasteiger partial charge in [0.05, 0.1) is 8.96 Å². The van der Waals surface area contributed by atoms with E-state index in [0.717, 1.165) is 33.2 Å². The average molecular weight is 525 g/mol. The number of halogens is 1. The van der Waals surface area contributed by atoms with Crippen LogP contribution in [0.25, 0.3) is 10.2 Å². The number of aromatic nitrogens is 4. The van der Waals surface area contributed by atoms with Crippen LogP contribution in [0.2, 0.25) is 0 Å². The Kier molecular flexibility index (Phi) is 5.09. The zero-order valence-electron chi connectivity index (χ0n) is 17.2. The first kappa shape index (κ1) is 20.5. The van der Waals surface area contributed by atoms with Crippen LogP contribution in [0.15, 0.2) is 11.0 Å². The molecule has 1 aliphatic rings. The Labute approximate surface area is 186 Å². The predicted octanol–water partition coefficient (Wildman–Crippen LogP) is 3.64. The van der Waals surface area contributed by atoms with Crippen LogP contribution in [0.3, 0.4) is 0 Å². The van der Waals surface area contributed by atoms with Crippen molar-refractivity contribution in [2.75, 3.05) is 5.43 Å². The molecule has 0 aliphatic heterocycles. The molecule has 9 heteroatoms. The minimum atomic E-state index is -0.418. The van der Waals surface area contributed by atoms with Gasteiger partial charge in [-0.2, -0.15) is 5.10 Å². The van der Waals surface area contributed by atoms with E-state index in [1.165, 1.54) is 9.55 Å². The lowest BCUT2D eigenvalue weighted by Gasteiger charge is -2.33. The zero-order chi connectivity index (χ0) is 21.1. The standard InChI is InChI=1S/C20H24IN5O2S/c1-10-22-18-15(12-7-6-11(20(2,3)4)8-14(12)29-18)19(28)26(10)24-17(27)16-13(21)9-25(5)23-16/h9,11H,6-8H2,1-5H3,(H,24,27). The number of hydrogen-bond donors (Lipinski definition) is 1. The fraction of sp³-hybridized carbons (Fsp3) is 0.500. The molecule has 0 bridgehead atoms. The fourth-order valence-corrected chi connectivity index (χ4v) is 6.06. The number of aryl methyl sites for hydroxylation is 3. The Morgan fingerprint density at radius 1 is 1.38 bits per heavy atom. The number of hydrogen-bond acceptors (Lipinski definition) is 5. The molecule has 1 aliphatic carbocycles. The number of nitrogens with zero attached hydrogens (tertiary/aromatic N) is 4. The first-order valence-corrected chi connectivity index (χ1v) is 11.5. The molecule has 0 saturated heterocycles. The van der Waals surface area contributed by atoms with Crippen LogP contribution in [0.1, 0.15) is 53.9 Å². The second-order valence-corrected chi connectivity index (χ2v) is 11.0. The second-order valence-electron chi connectivity index (χ2n) is 8.73. The molecule has 0 aromatic carbocycles. The van der Waals surface area contributed by atoms with Gasteiger partial charge in [-0.3, -0.25) is 19.7 Å². The molecule has 1 N–H and O–H groups in total. The lowest BCUT2D eigenvalue weighted by atomic mass is 9.72. The highest BCUT2D eigenvalue weighted by molar-refractivity contribution is 14.1. The van der Waals surface area contributed by atoms with Gasteiger partial charge in [0.15, 0.2) is 5.69 Å². The van der Waals surface area contributed by atoms with Crippen molar-refractivity contribution in [2.24, 2.45) is 18.4 Å². The van der Waals surface area contributed by atoms with E-state index in [2.05, 4.69) is 58.9 Å². The van der Waals surface area contributed by atoms with Crippen LogP contribution in [0, 0.1) is 21.8 Å². The third kappa shape index (κ3) is 3.63. The normalized spacial score (nSPS) is 16.8. The van der Waals surface area contributed by atoms with Crippen molar-refractivity contribution in [1.82, 2.24) is 19.4 Å². The number of fused-ring (bicyclic) bond motifs is 3. The van der Waals surface area contributed by atoms with Crippen LogP contribution < -0.4 is 11.0 Å². The molecular weight excluding hydrogens is 501 g/mol. The Balaban J connectivity index is 1.75. The molecule has 4 rings (SSSR count). The summed E-state index contributed by atoms with van der Waals surface area (Å²) < 4.78 is 3.57. The van der Waals surface area contributed by atoms with Gasteiger partial charge in [0.25, 0.3) is 11.5 Å². The minimum absolute atomic E-state index is 0.210. The molecule has 0 saturated carbocycles. The van der Waals surface area contributed by atoms with Crippen LogP contribution >= 0.6 is 33.9 Å². The first-order valence-electron chi connectivity index (χ1n) is 9.60. The monoisotopic (exact) mass is 525 g/mol. The zero-order valence-corrected chi connectivity index (χ0v) is 20.1. The number of nitrogens with one attached hydrogen (secondary N) is 1. The first-order chi connectivity index (χ1) is 13.6. The van der Waals surface area contributed by atoms with E-state index in [4.69, 9.17) is 0 Å². The third-order valence-corrected chi connectivity index (χ3v) is 7.63. The highest BCUT2D eigenvalue weighted by atomic mass is 127. The molecule has 3 aromatic rings. The molecule has 1 atom stereocenters. The predicted molar refractivity (Wildman–Crippen MR) is 123 cm³/mol. The Morgan fingerprint density at radius 3 is 2.72 bits per heavy atom. The van der Waals surface area contributed by atoms with Crippen molar-refractivity contribution in [3.8, 4) is 0 Å². The van der Waals surface area contributed by atoms with Crippen molar-refractivity contribution in [1.29, 1.82) is 0 Å². The number of carbonyl (C=O) groups excluding carboxylic acids is 1. The minimum Gasteiger partial charge on any atom is -0.274 e. The quantitative estimate of drug-likeness (QED) is 0.519. The third-order valence-electron chi connectivity index (χ3n) is 5.69. The largest absolute Gasteiger partial charge is 0.291 e. The Bertz CT molecular complexity index is 1180. The average Bonchev–Trinajstić information content (AvgIpc) is 3.15. The van der Waals surface area contributed by atoms with E-state index in [0.29, 0.717) is 22.8 Å². The maximum absolute atomic E-state index is 13.3. The van der Waals surface area contributed by atoms with E-state index < -0.39 is 5.91 Å². The van der Waals surface area contributed by atoms with Crippen LogP contribution in [-0.4, -0.2) is 25.3 Å². The van der Waals surface area contributed by atoms with Gasteiger partial charge in [-0.05, 0) is 65.7 Å². The summed E-state index contributed by atoms with van der Waals surface area (Å²) in [6.45, 7) is 8.57. The van der Waals surface area contributed by atoms with Crippen molar-refractivity contribution in [2.45, 2.75) is 47.0 Å². The Hall–Kier alpha value is -1.75. The SMILES string of the molecule is Cc1nc2sc3c(c2c(=O)n1NC(=O)c1nn(C)cc1I)CCC(C(C)(C)C)C3. The summed E-state index contributed by atoms with van der Waals surface area (Å²) in [7, 11) is 1.76. The van der Waals surface area contributed by atoms with E-state index in [-0.39, 0.29) is 11.0 Å². The highest BCUT2D eigenvalue weighted by Crippen LogP contribution is 2.42. The number of rotatable bonds is 2. The summed E-state index contributed by atoms with van der Waals surface area (Å²) in [4.78, 5) is 32.7. The van der Waals surface area contributed by atoms with Crippen molar-refractivity contribution in [3.05, 3.63) is 42.1 Å². The van der Waals surface area contributed by atoms with E-state index in [1.54, 1.807) is 36.2 Å². The molecule has 0 radical (unpaired) electrons. The number of thiophene rings is 1. The van der Waals surface area contributed by atoms with E-state index in [1.807, 2.05) is 0 Å². The van der Waals surface area contributed by atoms with E-state index in [9.17, 15) is 9.59 Å². The van der Waals surface area contributed by atoms with Gasteiger partial charge in [0, 0.05) is 18.1 Å². The molecule has 1 unspecified atom stereocenters. The molecular formula is C20H24IN5O2S. The summed E-state index contributed by atoms with van der Waals surface area (Å²) >= 11 is 3.68. The van der Waals surface area contributed by atoms with Crippen molar-refractivity contribution in [3.63, 3.8) is 0 Å². The van der Waals surface area contributed by atoms with Crippen molar-refractivity contribution < 1.29 is 4.79 Å². The summed E-state index contributed by atoms with van der Waals surface area (Å²) in [6, 6.07) is 0. The molecule has 0 spiro atoms. The van der Waals surface area contributed by atoms with Crippen LogP contribution in [0.5, 0.6) is 0 Å². The fourth-order valence-electron chi connectivity index (χ4n) is 3.97. The molecule has 154 valence electrons. The van der Waals surface area contributed by atoms with Gasteiger partial charge >= 0.3 is 0 Å². The second kappa shape index (κ2) is 7.19.